The van der Waals surface area contributed by atoms with Crippen molar-refractivity contribution in [3.8, 4) is 0 Å². The predicted molar refractivity (Wildman–Crippen MR) is 76.6 cm³/mol. The van der Waals surface area contributed by atoms with E-state index in [0.29, 0.717) is 6.04 Å². The second-order valence-corrected chi connectivity index (χ2v) is 4.70. The molecule has 0 amide bonds. The van der Waals surface area contributed by atoms with Crippen molar-refractivity contribution in [1.29, 1.82) is 0 Å². The van der Waals surface area contributed by atoms with Crippen LogP contribution in [0.3, 0.4) is 0 Å². The molecule has 3 nitrogen and oxygen atoms in total. The van der Waals surface area contributed by atoms with Crippen molar-refractivity contribution in [2.24, 2.45) is 0 Å². The highest BCUT2D eigenvalue weighted by Crippen LogP contribution is 2.23. The molecule has 17 heavy (non-hydrogen) atoms. The maximum absolute atomic E-state index is 4.93. The number of allylic oxidation sites excluding steroid dienone is 2. The van der Waals surface area contributed by atoms with Crippen molar-refractivity contribution in [1.82, 2.24) is 10.9 Å². The summed E-state index contributed by atoms with van der Waals surface area (Å²) in [5.41, 5.74) is 9.65. The van der Waals surface area contributed by atoms with Gasteiger partial charge in [0.15, 0.2) is 0 Å². The molecule has 0 aromatic rings. The number of hydrazine groups is 1. The average Bonchev–Trinajstić information content (AvgIpc) is 2.38. The maximum Gasteiger partial charge on any atom is 0.0514 e. The molecule has 1 aliphatic carbocycles. The van der Waals surface area contributed by atoms with Gasteiger partial charge in [-0.1, -0.05) is 24.6 Å². The lowest BCUT2D eigenvalue weighted by molar-refractivity contribution is 0.348. The van der Waals surface area contributed by atoms with Crippen LogP contribution in [-0.4, -0.2) is 19.2 Å². The van der Waals surface area contributed by atoms with Crippen molar-refractivity contribution in [2.75, 3.05) is 13.2 Å². The van der Waals surface area contributed by atoms with Gasteiger partial charge in [0.1, 0.15) is 0 Å². The van der Waals surface area contributed by atoms with Gasteiger partial charge in [0.2, 0.25) is 0 Å². The van der Waals surface area contributed by atoms with Crippen LogP contribution in [0.4, 0.5) is 0 Å². The van der Waals surface area contributed by atoms with Crippen LogP contribution < -0.4 is 10.9 Å². The Morgan fingerprint density at radius 2 is 2.35 bits per heavy atom. The van der Waals surface area contributed by atoms with Gasteiger partial charge in [-0.3, -0.25) is 10.9 Å². The van der Waals surface area contributed by atoms with E-state index < -0.39 is 0 Å². The largest absolute Gasteiger partial charge is 0.366 e. The van der Waals surface area contributed by atoms with Crippen LogP contribution in [0, 0.1) is 0 Å². The zero-order chi connectivity index (χ0) is 12.5. The highest BCUT2D eigenvalue weighted by atomic mass is 31.0. The van der Waals surface area contributed by atoms with E-state index in [2.05, 4.69) is 46.3 Å². The lowest BCUT2D eigenvalue weighted by Gasteiger charge is -2.22. The van der Waals surface area contributed by atoms with Gasteiger partial charge < -0.3 is 4.52 Å². The topological polar surface area (TPSA) is 33.3 Å². The number of nitrogens with one attached hydrogen (secondary N) is 2. The molecule has 4 heteroatoms. The molecule has 0 heterocycles. The monoisotopic (exact) mass is 256 g/mol. The minimum absolute atomic E-state index is 0.374. The van der Waals surface area contributed by atoms with Crippen molar-refractivity contribution < 1.29 is 4.52 Å². The van der Waals surface area contributed by atoms with Gasteiger partial charge in [0.05, 0.1) is 6.61 Å². The normalized spacial score (nSPS) is 17.6. The highest BCUT2D eigenvalue weighted by molar-refractivity contribution is 7.09. The smallest absolute Gasteiger partial charge is 0.0514 e. The van der Waals surface area contributed by atoms with E-state index in [1.54, 1.807) is 5.57 Å². The minimum Gasteiger partial charge on any atom is -0.366 e. The van der Waals surface area contributed by atoms with Crippen molar-refractivity contribution in [3.05, 3.63) is 23.3 Å². The van der Waals surface area contributed by atoms with Crippen LogP contribution >= 0.6 is 9.47 Å². The summed E-state index contributed by atoms with van der Waals surface area (Å²) in [4.78, 5) is 0. The van der Waals surface area contributed by atoms with Crippen molar-refractivity contribution in [3.63, 3.8) is 0 Å². The molecule has 0 radical (unpaired) electrons. The summed E-state index contributed by atoms with van der Waals surface area (Å²) in [5, 5.41) is 0. The summed E-state index contributed by atoms with van der Waals surface area (Å²) >= 11 is 0. The molecule has 2 atom stereocenters. The van der Waals surface area contributed by atoms with E-state index in [-0.39, 0.29) is 0 Å². The van der Waals surface area contributed by atoms with Crippen LogP contribution in [0.1, 0.15) is 39.5 Å². The molecule has 0 aliphatic heterocycles. The van der Waals surface area contributed by atoms with E-state index in [1.165, 1.54) is 18.4 Å². The van der Waals surface area contributed by atoms with Gasteiger partial charge in [0, 0.05) is 22.1 Å². The van der Waals surface area contributed by atoms with Gasteiger partial charge >= 0.3 is 0 Å². The number of hydrogen-bond donors (Lipinski definition) is 2. The molecular weight excluding hydrogens is 231 g/mol. The summed E-state index contributed by atoms with van der Waals surface area (Å²) in [7, 11) is 2.27. The molecule has 0 saturated carbocycles. The molecule has 2 unspecified atom stereocenters. The van der Waals surface area contributed by atoms with Crippen LogP contribution in [0.2, 0.25) is 0 Å². The summed E-state index contributed by atoms with van der Waals surface area (Å²) in [5.74, 6) is 0. The summed E-state index contributed by atoms with van der Waals surface area (Å²) in [6.45, 7) is 6.15. The standard InChI is InChI=1S/C13H25N2OP/c1-3-12-7-4-5-8-13(12)11(2)15-14-9-6-10-16-17/h5,8,11,14-15H,3-4,6-7,9-10,17H2,1-2H3. The molecule has 2 N–H and O–H groups in total. The Balaban J connectivity index is 2.33. The fourth-order valence-corrected chi connectivity index (χ4v) is 2.28. The lowest BCUT2D eigenvalue weighted by Crippen LogP contribution is -2.41. The van der Waals surface area contributed by atoms with E-state index in [1.807, 2.05) is 0 Å². The van der Waals surface area contributed by atoms with Crippen LogP contribution in [0.25, 0.3) is 0 Å². The quantitative estimate of drug-likeness (QED) is 0.398. The Kier molecular flexibility index (Phi) is 7.70. The Bertz CT molecular complexity index is 277. The molecule has 0 spiro atoms. The molecular formula is C13H25N2OP. The second-order valence-electron chi connectivity index (χ2n) is 4.37. The van der Waals surface area contributed by atoms with E-state index in [4.69, 9.17) is 4.52 Å². The first-order chi connectivity index (χ1) is 8.29. The Morgan fingerprint density at radius 1 is 1.53 bits per heavy atom. The molecule has 1 rings (SSSR count). The van der Waals surface area contributed by atoms with Gasteiger partial charge in [-0.25, -0.2) is 0 Å². The van der Waals surface area contributed by atoms with Crippen LogP contribution in [0.15, 0.2) is 23.3 Å². The lowest BCUT2D eigenvalue weighted by atomic mass is 9.92. The Morgan fingerprint density at radius 3 is 3.06 bits per heavy atom. The third-order valence-electron chi connectivity index (χ3n) is 3.09. The number of hydrogen-bond acceptors (Lipinski definition) is 3. The molecule has 0 aromatic carbocycles. The third kappa shape index (κ3) is 5.31. The predicted octanol–water partition coefficient (Wildman–Crippen LogP) is 2.72. The first kappa shape index (κ1) is 14.8. The average molecular weight is 256 g/mol. The van der Waals surface area contributed by atoms with E-state index >= 15 is 0 Å². The van der Waals surface area contributed by atoms with Crippen LogP contribution in [-0.2, 0) is 4.52 Å². The van der Waals surface area contributed by atoms with E-state index in [0.717, 1.165) is 26.0 Å². The van der Waals surface area contributed by atoms with Gasteiger partial charge in [-0.15, -0.1) is 0 Å². The molecule has 1 aliphatic rings. The molecule has 0 fully saturated rings. The highest BCUT2D eigenvalue weighted by Gasteiger charge is 2.12. The fourth-order valence-electron chi connectivity index (χ4n) is 2.11. The Hall–Kier alpha value is -0.210. The van der Waals surface area contributed by atoms with Gasteiger partial charge in [-0.05, 0) is 38.2 Å². The zero-order valence-electron chi connectivity index (χ0n) is 11.0. The zero-order valence-corrected chi connectivity index (χ0v) is 12.1. The van der Waals surface area contributed by atoms with Crippen molar-refractivity contribution >= 4 is 9.47 Å². The molecule has 0 bridgehead atoms. The van der Waals surface area contributed by atoms with Gasteiger partial charge in [-0.2, -0.15) is 0 Å². The minimum atomic E-state index is 0.374. The summed E-state index contributed by atoms with van der Waals surface area (Å²) in [6, 6.07) is 0.374. The molecule has 0 saturated heterocycles. The van der Waals surface area contributed by atoms with Crippen LogP contribution in [0.5, 0.6) is 0 Å². The SMILES string of the molecule is CCC1=C(C(C)NNCCCOP)C=CCC1. The van der Waals surface area contributed by atoms with E-state index in [9.17, 15) is 0 Å². The third-order valence-corrected chi connectivity index (χ3v) is 3.33. The summed E-state index contributed by atoms with van der Waals surface area (Å²) < 4.78 is 4.93. The first-order valence-electron chi connectivity index (χ1n) is 6.48. The fraction of sp³-hybridized carbons (Fsp3) is 0.692. The molecule has 0 aromatic heterocycles. The van der Waals surface area contributed by atoms with Crippen molar-refractivity contribution in [2.45, 2.75) is 45.6 Å². The number of rotatable bonds is 8. The van der Waals surface area contributed by atoms with Gasteiger partial charge in [0.25, 0.3) is 0 Å². The molecule has 98 valence electrons. The first-order valence-corrected chi connectivity index (χ1v) is 6.95. The summed E-state index contributed by atoms with van der Waals surface area (Å²) in [6.07, 6.45) is 9.13. The second kappa shape index (κ2) is 8.82. The Labute approximate surface area is 107 Å². The maximum atomic E-state index is 4.93.